The molecule has 1 aromatic heterocycles. The number of aromatic nitrogens is 1. The Hall–Kier alpha value is -1.94. The van der Waals surface area contributed by atoms with E-state index in [0.29, 0.717) is 12.4 Å². The Kier molecular flexibility index (Phi) is 2.54. The van der Waals surface area contributed by atoms with Gasteiger partial charge in [0.2, 0.25) is 12.4 Å². The molecule has 0 radical (unpaired) electrons. The summed E-state index contributed by atoms with van der Waals surface area (Å²) in [6.07, 6.45) is 4.06. The lowest BCUT2D eigenvalue weighted by Crippen LogP contribution is -2.19. The summed E-state index contributed by atoms with van der Waals surface area (Å²) in [5.74, 6) is -0.224. The van der Waals surface area contributed by atoms with Crippen molar-refractivity contribution in [3.8, 4) is 0 Å². The Morgan fingerprint density at radius 2 is 2.05 bits per heavy atom. The third-order valence-electron chi connectivity index (χ3n) is 3.64. The maximum Gasteiger partial charge on any atom is 0.242 e. The molecule has 4 heteroatoms. The Labute approximate surface area is 123 Å². The molecule has 2 aromatic carbocycles. The first-order valence-corrected chi connectivity index (χ1v) is 7.16. The summed E-state index contributed by atoms with van der Waals surface area (Å²) in [7, 11) is 0. The van der Waals surface area contributed by atoms with Crippen molar-refractivity contribution < 1.29 is 8.97 Å². The molecule has 4 rings (SSSR count). The van der Waals surface area contributed by atoms with E-state index in [-0.39, 0.29) is 5.82 Å². The van der Waals surface area contributed by atoms with Crippen LogP contribution in [0, 0.1) is 5.82 Å². The SMILES string of the molecule is Fc1cc(Br)ccc1[N+]1=Cc2cccc3ccn(c23)C1. The molecule has 1 aliphatic rings. The lowest BCUT2D eigenvalue weighted by atomic mass is 10.1. The molecular formula is C16H11BrFN2+. The lowest BCUT2D eigenvalue weighted by Gasteiger charge is -2.13. The molecule has 0 aliphatic carbocycles. The normalized spacial score (nSPS) is 13.6. The van der Waals surface area contributed by atoms with Crippen LogP contribution in [0.1, 0.15) is 5.56 Å². The van der Waals surface area contributed by atoms with Crippen molar-refractivity contribution in [2.75, 3.05) is 0 Å². The van der Waals surface area contributed by atoms with Gasteiger partial charge in [0.1, 0.15) is 0 Å². The summed E-state index contributed by atoms with van der Waals surface area (Å²) in [4.78, 5) is 0. The summed E-state index contributed by atoms with van der Waals surface area (Å²) in [6, 6.07) is 13.4. The van der Waals surface area contributed by atoms with Gasteiger partial charge in [0.05, 0.1) is 11.1 Å². The molecule has 0 fully saturated rings. The van der Waals surface area contributed by atoms with Crippen LogP contribution in [0.15, 0.2) is 53.1 Å². The zero-order valence-corrected chi connectivity index (χ0v) is 12.1. The van der Waals surface area contributed by atoms with Crippen LogP contribution < -0.4 is 0 Å². The van der Waals surface area contributed by atoms with Crippen molar-refractivity contribution in [3.05, 3.63) is 64.5 Å². The van der Waals surface area contributed by atoms with Crippen molar-refractivity contribution in [2.45, 2.75) is 6.67 Å². The third-order valence-corrected chi connectivity index (χ3v) is 4.13. The predicted molar refractivity (Wildman–Crippen MR) is 81.1 cm³/mol. The Balaban J connectivity index is 1.91. The van der Waals surface area contributed by atoms with Gasteiger partial charge in [-0.15, -0.1) is 0 Å². The van der Waals surface area contributed by atoms with Crippen LogP contribution in [0.3, 0.4) is 0 Å². The molecule has 0 N–H and O–H groups in total. The van der Waals surface area contributed by atoms with Crippen LogP contribution in [0.25, 0.3) is 10.9 Å². The fraction of sp³-hybridized carbons (Fsp3) is 0.0625. The van der Waals surface area contributed by atoms with E-state index in [1.807, 2.05) is 29.1 Å². The van der Waals surface area contributed by atoms with E-state index < -0.39 is 0 Å². The van der Waals surface area contributed by atoms with Crippen molar-refractivity contribution >= 4 is 38.7 Å². The summed E-state index contributed by atoms with van der Waals surface area (Å²) >= 11 is 3.29. The maximum atomic E-state index is 14.1. The second kappa shape index (κ2) is 4.28. The van der Waals surface area contributed by atoms with E-state index in [1.165, 1.54) is 17.0 Å². The summed E-state index contributed by atoms with van der Waals surface area (Å²) in [6.45, 7) is 0.624. The Morgan fingerprint density at radius 3 is 2.90 bits per heavy atom. The molecule has 1 aliphatic heterocycles. The third kappa shape index (κ3) is 1.72. The first-order chi connectivity index (χ1) is 9.72. The number of hydrogen-bond donors (Lipinski definition) is 0. The zero-order valence-electron chi connectivity index (χ0n) is 10.6. The highest BCUT2D eigenvalue weighted by Gasteiger charge is 2.22. The standard InChI is InChI=1S/C16H11BrFN2/c17-13-4-5-15(14(18)8-13)20-9-12-3-1-2-11-6-7-19(10-20)16(11)12/h1-9H,10H2/q+1. The van der Waals surface area contributed by atoms with Crippen LogP contribution in [-0.2, 0) is 6.67 Å². The zero-order chi connectivity index (χ0) is 13.7. The van der Waals surface area contributed by atoms with Gasteiger partial charge in [-0.05, 0) is 24.3 Å². The van der Waals surface area contributed by atoms with E-state index in [1.54, 1.807) is 6.07 Å². The minimum Gasteiger partial charge on any atom is -0.291 e. The Bertz CT molecular complexity index is 864. The second-order valence-corrected chi connectivity index (χ2v) is 5.82. The Morgan fingerprint density at radius 1 is 1.15 bits per heavy atom. The highest BCUT2D eigenvalue weighted by atomic mass is 79.9. The van der Waals surface area contributed by atoms with Crippen molar-refractivity contribution in [2.24, 2.45) is 0 Å². The van der Waals surface area contributed by atoms with Crippen molar-refractivity contribution in [3.63, 3.8) is 0 Å². The first-order valence-electron chi connectivity index (χ1n) is 6.37. The van der Waals surface area contributed by atoms with Gasteiger partial charge >= 0.3 is 0 Å². The van der Waals surface area contributed by atoms with Gasteiger partial charge in [0.15, 0.2) is 12.0 Å². The predicted octanol–water partition coefficient (Wildman–Crippen LogP) is 4.28. The number of benzene rings is 2. The molecule has 20 heavy (non-hydrogen) atoms. The van der Waals surface area contributed by atoms with Gasteiger partial charge in [-0.25, -0.2) is 0 Å². The fourth-order valence-corrected chi connectivity index (χ4v) is 3.08. The summed E-state index contributed by atoms with van der Waals surface area (Å²) in [5, 5.41) is 1.22. The van der Waals surface area contributed by atoms with Gasteiger partial charge in [0.25, 0.3) is 0 Å². The van der Waals surface area contributed by atoms with Crippen LogP contribution in [-0.4, -0.2) is 15.4 Å². The average molecular weight is 330 g/mol. The quantitative estimate of drug-likeness (QED) is 0.589. The number of nitrogens with zero attached hydrogens (tertiary/aromatic N) is 2. The average Bonchev–Trinajstić information content (AvgIpc) is 2.84. The minimum absolute atomic E-state index is 0.224. The van der Waals surface area contributed by atoms with Crippen molar-refractivity contribution in [1.29, 1.82) is 0 Å². The second-order valence-electron chi connectivity index (χ2n) is 4.91. The van der Waals surface area contributed by atoms with Crippen LogP contribution in [0.5, 0.6) is 0 Å². The monoisotopic (exact) mass is 329 g/mol. The minimum atomic E-state index is -0.224. The number of halogens is 2. The van der Waals surface area contributed by atoms with Crippen LogP contribution in [0.4, 0.5) is 10.1 Å². The fourth-order valence-electron chi connectivity index (χ4n) is 2.75. The van der Waals surface area contributed by atoms with Gasteiger partial charge in [-0.2, -0.15) is 8.97 Å². The summed E-state index contributed by atoms with van der Waals surface area (Å²) in [5.41, 5.74) is 2.91. The first kappa shape index (κ1) is 11.9. The molecule has 3 aromatic rings. The largest absolute Gasteiger partial charge is 0.291 e. The van der Waals surface area contributed by atoms with E-state index in [9.17, 15) is 4.39 Å². The van der Waals surface area contributed by atoms with E-state index >= 15 is 0 Å². The maximum absolute atomic E-state index is 14.1. The topological polar surface area (TPSA) is 7.94 Å². The van der Waals surface area contributed by atoms with Gasteiger partial charge in [-0.1, -0.05) is 28.1 Å². The number of para-hydroxylation sites is 1. The highest BCUT2D eigenvalue weighted by molar-refractivity contribution is 9.10. The molecule has 0 bridgehead atoms. The molecule has 0 saturated heterocycles. The van der Waals surface area contributed by atoms with E-state index in [4.69, 9.17) is 0 Å². The molecule has 98 valence electrons. The summed E-state index contributed by atoms with van der Waals surface area (Å²) < 4.78 is 19.0. The molecule has 0 spiro atoms. The molecule has 0 unspecified atom stereocenters. The molecule has 0 atom stereocenters. The molecule has 0 saturated carbocycles. The molecule has 2 heterocycles. The number of rotatable bonds is 1. The molecular weight excluding hydrogens is 319 g/mol. The van der Waals surface area contributed by atoms with Crippen molar-refractivity contribution in [1.82, 2.24) is 4.57 Å². The van der Waals surface area contributed by atoms with Gasteiger partial charge in [-0.3, -0.25) is 4.57 Å². The lowest BCUT2D eigenvalue weighted by molar-refractivity contribution is -0.473. The van der Waals surface area contributed by atoms with Crippen LogP contribution >= 0.6 is 15.9 Å². The van der Waals surface area contributed by atoms with Crippen LogP contribution in [0.2, 0.25) is 0 Å². The van der Waals surface area contributed by atoms with Gasteiger partial charge in [0, 0.05) is 22.1 Å². The smallest absolute Gasteiger partial charge is 0.242 e. The highest BCUT2D eigenvalue weighted by Crippen LogP contribution is 2.27. The van der Waals surface area contributed by atoms with E-state index in [2.05, 4.69) is 38.7 Å². The number of hydrogen-bond acceptors (Lipinski definition) is 0. The molecule has 0 amide bonds. The molecule has 2 nitrogen and oxygen atoms in total. The van der Waals surface area contributed by atoms with E-state index in [0.717, 1.165) is 10.0 Å². The van der Waals surface area contributed by atoms with Gasteiger partial charge < -0.3 is 0 Å².